The van der Waals surface area contributed by atoms with Gasteiger partial charge in [-0.2, -0.15) is 0 Å². The summed E-state index contributed by atoms with van der Waals surface area (Å²) in [5, 5.41) is 0. The van der Waals surface area contributed by atoms with E-state index in [9.17, 15) is 4.79 Å². The zero-order valence-corrected chi connectivity index (χ0v) is 9.84. The second-order valence-corrected chi connectivity index (χ2v) is 5.11. The Kier molecular flexibility index (Phi) is 2.03. The largest absolute Gasteiger partial charge is 0.295 e. The number of allylic oxidation sites excluding steroid dienone is 2. The number of aryl methyl sites for hydroxylation is 2. The second kappa shape index (κ2) is 3.31. The van der Waals surface area contributed by atoms with Crippen molar-refractivity contribution in [1.82, 2.24) is 0 Å². The maximum Gasteiger partial charge on any atom is 0.156 e. The van der Waals surface area contributed by atoms with Crippen LogP contribution in [-0.4, -0.2) is 5.78 Å². The van der Waals surface area contributed by atoms with Gasteiger partial charge in [0, 0.05) is 6.42 Å². The number of benzene rings is 1. The summed E-state index contributed by atoms with van der Waals surface area (Å²) >= 11 is 0. The van der Waals surface area contributed by atoms with Crippen LogP contribution in [-0.2, 0) is 11.2 Å². The van der Waals surface area contributed by atoms with Gasteiger partial charge in [0.15, 0.2) is 5.78 Å². The van der Waals surface area contributed by atoms with Crippen LogP contribution in [0.25, 0.3) is 5.57 Å². The molecule has 3 rings (SSSR count). The molecule has 1 aromatic carbocycles. The normalized spacial score (nSPS) is 22.8. The van der Waals surface area contributed by atoms with Gasteiger partial charge in [0.2, 0.25) is 0 Å². The molecule has 0 amide bonds. The van der Waals surface area contributed by atoms with E-state index in [0.717, 1.165) is 19.3 Å². The minimum absolute atomic E-state index is 0.312. The van der Waals surface area contributed by atoms with Gasteiger partial charge in [-0.05, 0) is 60.9 Å². The summed E-state index contributed by atoms with van der Waals surface area (Å²) in [4.78, 5) is 11.5. The highest BCUT2D eigenvalue weighted by Crippen LogP contribution is 2.42. The minimum Gasteiger partial charge on any atom is -0.295 e. The quantitative estimate of drug-likeness (QED) is 0.645. The average molecular weight is 212 g/mol. The molecule has 2 aliphatic rings. The number of hydrogen-bond acceptors (Lipinski definition) is 1. The zero-order chi connectivity index (χ0) is 11.3. The van der Waals surface area contributed by atoms with Crippen LogP contribution in [0.3, 0.4) is 0 Å². The van der Waals surface area contributed by atoms with Crippen molar-refractivity contribution >= 4 is 11.4 Å². The van der Waals surface area contributed by atoms with Crippen LogP contribution < -0.4 is 0 Å². The van der Waals surface area contributed by atoms with Crippen LogP contribution in [0.1, 0.15) is 35.1 Å². The van der Waals surface area contributed by atoms with Gasteiger partial charge in [-0.3, -0.25) is 4.79 Å². The Bertz CT molecular complexity index is 508. The molecule has 1 nitrogen and oxygen atoms in total. The lowest BCUT2D eigenvalue weighted by atomic mass is 9.79. The van der Waals surface area contributed by atoms with E-state index in [0.29, 0.717) is 11.7 Å². The van der Waals surface area contributed by atoms with Gasteiger partial charge in [0.25, 0.3) is 0 Å². The number of fused-ring (bicyclic) bond motifs is 3. The topological polar surface area (TPSA) is 17.1 Å². The van der Waals surface area contributed by atoms with Crippen molar-refractivity contribution in [3.63, 3.8) is 0 Å². The van der Waals surface area contributed by atoms with Gasteiger partial charge in [-0.15, -0.1) is 0 Å². The Hall–Kier alpha value is -1.37. The molecule has 0 N–H and O–H groups in total. The van der Waals surface area contributed by atoms with Crippen molar-refractivity contribution in [1.29, 1.82) is 0 Å². The molecule has 0 saturated carbocycles. The van der Waals surface area contributed by atoms with Crippen LogP contribution >= 0.6 is 0 Å². The molecule has 1 aromatic rings. The van der Waals surface area contributed by atoms with Crippen molar-refractivity contribution in [3.05, 3.63) is 40.5 Å². The van der Waals surface area contributed by atoms with Gasteiger partial charge >= 0.3 is 0 Å². The summed E-state index contributed by atoms with van der Waals surface area (Å²) in [6, 6.07) is 4.50. The molecule has 16 heavy (non-hydrogen) atoms. The molecular weight excluding hydrogens is 196 g/mol. The maximum absolute atomic E-state index is 11.5. The molecule has 82 valence electrons. The SMILES string of the molecule is Cc1cc(C)c2c(c1)C1=CC(=O)CC1CC2. The van der Waals surface area contributed by atoms with Gasteiger partial charge < -0.3 is 0 Å². The molecule has 0 heterocycles. The first-order valence-corrected chi connectivity index (χ1v) is 6.00. The lowest BCUT2D eigenvalue weighted by Crippen LogP contribution is -2.12. The monoisotopic (exact) mass is 212 g/mol. The molecule has 0 spiro atoms. The molecule has 0 bridgehead atoms. The van der Waals surface area contributed by atoms with E-state index in [1.807, 2.05) is 6.08 Å². The van der Waals surface area contributed by atoms with Gasteiger partial charge in [0.1, 0.15) is 0 Å². The highest BCUT2D eigenvalue weighted by Gasteiger charge is 2.31. The van der Waals surface area contributed by atoms with Crippen LogP contribution in [0.2, 0.25) is 0 Å². The first-order chi connectivity index (χ1) is 7.65. The van der Waals surface area contributed by atoms with Crippen molar-refractivity contribution < 1.29 is 4.79 Å². The van der Waals surface area contributed by atoms with Crippen LogP contribution in [0.5, 0.6) is 0 Å². The van der Waals surface area contributed by atoms with E-state index in [2.05, 4.69) is 26.0 Å². The number of carbonyl (C=O) groups is 1. The van der Waals surface area contributed by atoms with E-state index in [4.69, 9.17) is 0 Å². The summed E-state index contributed by atoms with van der Waals surface area (Å²) in [6.07, 6.45) is 4.90. The second-order valence-electron chi connectivity index (χ2n) is 5.11. The molecule has 2 aliphatic carbocycles. The fourth-order valence-electron chi connectivity index (χ4n) is 3.16. The smallest absolute Gasteiger partial charge is 0.156 e. The zero-order valence-electron chi connectivity index (χ0n) is 9.84. The van der Waals surface area contributed by atoms with E-state index in [-0.39, 0.29) is 0 Å². The number of ketones is 1. The predicted molar refractivity (Wildman–Crippen MR) is 65.3 cm³/mol. The Balaban J connectivity index is 2.21. The highest BCUT2D eigenvalue weighted by atomic mass is 16.1. The molecule has 1 atom stereocenters. The first kappa shape index (κ1) is 9.83. The fraction of sp³-hybridized carbons (Fsp3) is 0.400. The van der Waals surface area contributed by atoms with Gasteiger partial charge in [-0.1, -0.05) is 17.7 Å². The third-order valence-electron chi connectivity index (χ3n) is 3.88. The van der Waals surface area contributed by atoms with Crippen molar-refractivity contribution in [2.45, 2.75) is 33.1 Å². The maximum atomic E-state index is 11.5. The Morgan fingerprint density at radius 2 is 2.06 bits per heavy atom. The number of hydrogen-bond donors (Lipinski definition) is 0. The lowest BCUT2D eigenvalue weighted by molar-refractivity contribution is -0.114. The average Bonchev–Trinajstić information content (AvgIpc) is 2.58. The third-order valence-corrected chi connectivity index (χ3v) is 3.88. The van der Waals surface area contributed by atoms with Gasteiger partial charge in [-0.25, -0.2) is 0 Å². The van der Waals surface area contributed by atoms with E-state index in [1.54, 1.807) is 0 Å². The molecule has 1 unspecified atom stereocenters. The number of carbonyl (C=O) groups excluding carboxylic acids is 1. The summed E-state index contributed by atoms with van der Waals surface area (Å²) in [5.41, 5.74) is 6.80. The Morgan fingerprint density at radius 1 is 1.25 bits per heavy atom. The van der Waals surface area contributed by atoms with E-state index < -0.39 is 0 Å². The fourth-order valence-corrected chi connectivity index (χ4v) is 3.16. The molecule has 1 heteroatoms. The predicted octanol–water partition coefficient (Wildman–Crippen LogP) is 3.22. The van der Waals surface area contributed by atoms with Crippen molar-refractivity contribution in [3.8, 4) is 0 Å². The lowest BCUT2D eigenvalue weighted by Gasteiger charge is -2.25. The molecule has 0 aliphatic heterocycles. The van der Waals surface area contributed by atoms with Gasteiger partial charge in [0.05, 0.1) is 0 Å². The van der Waals surface area contributed by atoms with E-state index >= 15 is 0 Å². The Labute approximate surface area is 96.2 Å². The molecular formula is C15H16O. The summed E-state index contributed by atoms with van der Waals surface area (Å²) < 4.78 is 0. The molecule has 0 radical (unpaired) electrons. The van der Waals surface area contributed by atoms with Crippen LogP contribution in [0.15, 0.2) is 18.2 Å². The first-order valence-electron chi connectivity index (χ1n) is 6.00. The summed E-state index contributed by atoms with van der Waals surface area (Å²) in [5.74, 6) is 0.813. The van der Waals surface area contributed by atoms with Crippen molar-refractivity contribution in [2.75, 3.05) is 0 Å². The number of rotatable bonds is 0. The summed E-state index contributed by atoms with van der Waals surface area (Å²) in [6.45, 7) is 4.32. The molecule has 0 fully saturated rings. The van der Waals surface area contributed by atoms with Crippen LogP contribution in [0, 0.1) is 19.8 Å². The Morgan fingerprint density at radius 3 is 2.88 bits per heavy atom. The summed E-state index contributed by atoms with van der Waals surface area (Å²) in [7, 11) is 0. The molecule has 0 saturated heterocycles. The van der Waals surface area contributed by atoms with E-state index in [1.165, 1.54) is 27.8 Å². The molecule has 0 aromatic heterocycles. The van der Waals surface area contributed by atoms with Crippen LogP contribution in [0.4, 0.5) is 0 Å². The highest BCUT2D eigenvalue weighted by molar-refractivity contribution is 6.03. The third kappa shape index (κ3) is 1.35. The minimum atomic E-state index is 0.312. The van der Waals surface area contributed by atoms with Crippen molar-refractivity contribution in [2.24, 2.45) is 5.92 Å². The standard InChI is InChI=1S/C15H16O/c1-9-5-10(2)13-4-3-11-7-12(16)8-14(11)15(13)6-9/h5-6,8,11H,3-4,7H2,1-2H3.